The van der Waals surface area contributed by atoms with Crippen LogP contribution in [0.2, 0.25) is 0 Å². The Morgan fingerprint density at radius 1 is 1.35 bits per heavy atom. The summed E-state index contributed by atoms with van der Waals surface area (Å²) in [6.07, 6.45) is -3.27. The second-order valence-corrected chi connectivity index (χ2v) is 4.02. The van der Waals surface area contributed by atoms with Crippen molar-refractivity contribution >= 4 is 22.0 Å². The Balaban J connectivity index is 3.01. The first kappa shape index (κ1) is 13.9. The van der Waals surface area contributed by atoms with E-state index in [1.54, 1.807) is 24.3 Å². The zero-order chi connectivity index (χ0) is 12.9. The van der Waals surface area contributed by atoms with Crippen LogP contribution in [0.3, 0.4) is 0 Å². The Kier molecular flexibility index (Phi) is 4.85. The fraction of sp³-hybridized carbons (Fsp3) is 0.250. The Morgan fingerprint density at radius 3 is 2.41 bits per heavy atom. The van der Waals surface area contributed by atoms with Gasteiger partial charge in [-0.3, -0.25) is 0 Å². The zero-order valence-corrected chi connectivity index (χ0v) is 10.6. The number of ether oxygens (including phenoxy) is 1. The Bertz CT molecular complexity index is 428. The van der Waals surface area contributed by atoms with Crippen molar-refractivity contribution in [2.75, 3.05) is 6.61 Å². The van der Waals surface area contributed by atoms with Gasteiger partial charge in [0.05, 0.1) is 6.61 Å². The van der Waals surface area contributed by atoms with E-state index < -0.39 is 11.9 Å². The minimum atomic E-state index is -4.51. The van der Waals surface area contributed by atoms with E-state index in [1.807, 2.05) is 0 Å². The molecule has 0 aliphatic rings. The first-order valence-electron chi connectivity index (χ1n) is 4.85. The third kappa shape index (κ3) is 4.67. The molecule has 1 nitrogen and oxygen atoms in total. The summed E-state index contributed by atoms with van der Waals surface area (Å²) in [6.45, 7) is 1.45. The fourth-order valence-corrected chi connectivity index (χ4v) is 1.32. The summed E-state index contributed by atoms with van der Waals surface area (Å²) >= 11 is 3.24. The highest BCUT2D eigenvalue weighted by Crippen LogP contribution is 2.25. The summed E-state index contributed by atoms with van der Waals surface area (Å²) in [4.78, 5) is 0. The Labute approximate surface area is 106 Å². The molecule has 0 saturated heterocycles. The van der Waals surface area contributed by atoms with Crippen LogP contribution in [0.4, 0.5) is 13.2 Å². The van der Waals surface area contributed by atoms with Gasteiger partial charge in [-0.05, 0) is 30.7 Å². The minimum Gasteiger partial charge on any atom is -0.482 e. The molecule has 5 heteroatoms. The van der Waals surface area contributed by atoms with Crippen molar-refractivity contribution in [2.45, 2.75) is 13.1 Å². The maximum absolute atomic E-state index is 12.4. The van der Waals surface area contributed by atoms with E-state index in [1.165, 1.54) is 13.0 Å². The molecule has 1 rings (SSSR count). The van der Waals surface area contributed by atoms with E-state index in [0.717, 1.165) is 4.47 Å². The lowest BCUT2D eigenvalue weighted by Gasteiger charge is -2.08. The number of halogens is 4. The molecule has 0 atom stereocenters. The molecule has 0 amide bonds. The molecular weight excluding hydrogens is 297 g/mol. The molecule has 92 valence electrons. The van der Waals surface area contributed by atoms with Crippen LogP contribution in [0, 0.1) is 0 Å². The highest BCUT2D eigenvalue weighted by atomic mass is 79.9. The maximum atomic E-state index is 12.4. The second-order valence-electron chi connectivity index (χ2n) is 3.10. The third-order valence-electron chi connectivity index (χ3n) is 1.79. The summed E-state index contributed by atoms with van der Waals surface area (Å²) in [5.41, 5.74) is 2.75. The Hall–Kier alpha value is -1.19. The monoisotopic (exact) mass is 306 g/mol. The van der Waals surface area contributed by atoms with E-state index in [2.05, 4.69) is 26.4 Å². The molecule has 0 radical (unpaired) electrons. The molecule has 0 heterocycles. The van der Waals surface area contributed by atoms with Gasteiger partial charge in [0.2, 0.25) is 5.76 Å². The summed E-state index contributed by atoms with van der Waals surface area (Å²) in [6, 6.07) is 6.83. The lowest BCUT2D eigenvalue weighted by molar-refractivity contribution is -0.129. The van der Waals surface area contributed by atoms with Crippen molar-refractivity contribution in [1.82, 2.24) is 0 Å². The van der Waals surface area contributed by atoms with Crippen molar-refractivity contribution in [3.05, 3.63) is 45.8 Å². The largest absolute Gasteiger partial charge is 0.482 e. The van der Waals surface area contributed by atoms with E-state index in [4.69, 9.17) is 0 Å². The van der Waals surface area contributed by atoms with Gasteiger partial charge in [-0.1, -0.05) is 33.8 Å². The van der Waals surface area contributed by atoms with Crippen LogP contribution in [0.15, 0.2) is 40.2 Å². The highest BCUT2D eigenvalue weighted by Gasteiger charge is 2.35. The van der Waals surface area contributed by atoms with Gasteiger partial charge in [0.25, 0.3) is 0 Å². The van der Waals surface area contributed by atoms with Gasteiger partial charge in [-0.15, -0.1) is 0 Å². The first-order chi connectivity index (χ1) is 7.93. The van der Waals surface area contributed by atoms with Crippen LogP contribution >= 0.6 is 15.9 Å². The molecule has 0 unspecified atom stereocenters. The first-order valence-corrected chi connectivity index (χ1v) is 5.65. The van der Waals surface area contributed by atoms with Crippen LogP contribution in [-0.2, 0) is 4.74 Å². The number of rotatable bonds is 3. The lowest BCUT2D eigenvalue weighted by Crippen LogP contribution is -2.13. The molecule has 17 heavy (non-hydrogen) atoms. The fourth-order valence-electron chi connectivity index (χ4n) is 1.06. The summed E-state index contributed by atoms with van der Waals surface area (Å²) in [7, 11) is 0. The van der Waals surface area contributed by atoms with Gasteiger partial charge >= 0.3 is 6.18 Å². The zero-order valence-electron chi connectivity index (χ0n) is 9.01. The van der Waals surface area contributed by atoms with Crippen LogP contribution < -0.4 is 0 Å². The molecular formula is C12H10BrF3O. The molecule has 0 saturated carbocycles. The number of benzene rings is 1. The summed E-state index contributed by atoms with van der Waals surface area (Å²) < 4.78 is 42.6. The normalized spacial score (nSPS) is 10.6. The minimum absolute atomic E-state index is 0.0456. The highest BCUT2D eigenvalue weighted by molar-refractivity contribution is 9.10. The molecule has 1 aromatic rings. The summed E-state index contributed by atoms with van der Waals surface area (Å²) in [5, 5.41) is 0. The SMILES string of the molecule is CCOC(=C=Cc1ccc(Br)cc1)C(F)(F)F. The van der Waals surface area contributed by atoms with Gasteiger partial charge in [-0.2, -0.15) is 13.2 Å². The molecule has 1 aromatic carbocycles. The number of hydrogen-bond acceptors (Lipinski definition) is 1. The molecule has 0 spiro atoms. The molecule has 0 N–H and O–H groups in total. The van der Waals surface area contributed by atoms with Crippen LogP contribution in [0.5, 0.6) is 0 Å². The smallest absolute Gasteiger partial charge is 0.457 e. The van der Waals surface area contributed by atoms with Crippen molar-refractivity contribution in [2.24, 2.45) is 0 Å². The van der Waals surface area contributed by atoms with Crippen molar-refractivity contribution in [3.8, 4) is 0 Å². The van der Waals surface area contributed by atoms with Crippen LogP contribution in [0.25, 0.3) is 6.08 Å². The van der Waals surface area contributed by atoms with Crippen molar-refractivity contribution in [1.29, 1.82) is 0 Å². The number of allylic oxidation sites excluding steroid dienone is 1. The third-order valence-corrected chi connectivity index (χ3v) is 2.31. The van der Waals surface area contributed by atoms with Crippen molar-refractivity contribution in [3.63, 3.8) is 0 Å². The summed E-state index contributed by atoms with van der Waals surface area (Å²) in [5.74, 6) is -1.11. The van der Waals surface area contributed by atoms with Gasteiger partial charge in [-0.25, -0.2) is 0 Å². The number of alkyl halides is 3. The molecule has 0 aliphatic heterocycles. The second kappa shape index (κ2) is 5.94. The van der Waals surface area contributed by atoms with Gasteiger partial charge < -0.3 is 4.74 Å². The van der Waals surface area contributed by atoms with Crippen LogP contribution in [-0.4, -0.2) is 12.8 Å². The maximum Gasteiger partial charge on any atom is 0.457 e. The van der Waals surface area contributed by atoms with E-state index >= 15 is 0 Å². The average molecular weight is 307 g/mol. The van der Waals surface area contributed by atoms with Gasteiger partial charge in [0, 0.05) is 4.47 Å². The predicted octanol–water partition coefficient (Wildman–Crippen LogP) is 4.54. The van der Waals surface area contributed by atoms with E-state index in [-0.39, 0.29) is 6.61 Å². The van der Waals surface area contributed by atoms with E-state index in [0.29, 0.717) is 5.56 Å². The predicted molar refractivity (Wildman–Crippen MR) is 63.3 cm³/mol. The molecule has 0 aromatic heterocycles. The lowest BCUT2D eigenvalue weighted by atomic mass is 10.2. The molecule has 0 bridgehead atoms. The van der Waals surface area contributed by atoms with Crippen LogP contribution in [0.1, 0.15) is 12.5 Å². The molecule has 0 aliphatic carbocycles. The standard InChI is InChI=1S/C12H10BrF3O/c1-2-17-11(12(14,15)16)8-5-9-3-6-10(13)7-4-9/h3-7H,2H2,1H3. The average Bonchev–Trinajstić information content (AvgIpc) is 2.25. The Morgan fingerprint density at radius 2 is 1.94 bits per heavy atom. The quantitative estimate of drug-likeness (QED) is 0.588. The van der Waals surface area contributed by atoms with Gasteiger partial charge in [0.15, 0.2) is 0 Å². The van der Waals surface area contributed by atoms with Gasteiger partial charge in [0.1, 0.15) is 0 Å². The molecule has 0 fully saturated rings. The number of hydrogen-bond donors (Lipinski definition) is 0. The van der Waals surface area contributed by atoms with Crippen molar-refractivity contribution < 1.29 is 17.9 Å². The topological polar surface area (TPSA) is 9.23 Å². The van der Waals surface area contributed by atoms with E-state index in [9.17, 15) is 13.2 Å².